The average Bonchev–Trinajstić information content (AvgIpc) is 3.09. The SMILES string of the molecule is Nc1nc(Nc2ccc3[nH]ncc3c2)c(C(=O)O)c(-c2ccccc2)n1. The normalized spacial score (nSPS) is 10.8. The van der Waals surface area contributed by atoms with E-state index in [4.69, 9.17) is 5.73 Å². The summed E-state index contributed by atoms with van der Waals surface area (Å²) in [5, 5.41) is 20.5. The molecule has 0 unspecified atom stereocenters. The zero-order valence-corrected chi connectivity index (χ0v) is 13.5. The van der Waals surface area contributed by atoms with Crippen LogP contribution in [0.15, 0.2) is 54.7 Å². The number of rotatable bonds is 4. The smallest absolute Gasteiger partial charge is 0.341 e. The molecule has 26 heavy (non-hydrogen) atoms. The molecule has 5 N–H and O–H groups in total. The van der Waals surface area contributed by atoms with Gasteiger partial charge in [0.1, 0.15) is 5.56 Å². The van der Waals surface area contributed by atoms with Gasteiger partial charge in [-0.05, 0) is 18.2 Å². The number of nitrogens with zero attached hydrogens (tertiary/aromatic N) is 3. The zero-order valence-electron chi connectivity index (χ0n) is 13.5. The number of hydrogen-bond donors (Lipinski definition) is 4. The van der Waals surface area contributed by atoms with Crippen LogP contribution in [-0.2, 0) is 0 Å². The van der Waals surface area contributed by atoms with Gasteiger partial charge in [-0.2, -0.15) is 10.1 Å². The first kappa shape index (κ1) is 15.6. The van der Waals surface area contributed by atoms with Crippen LogP contribution in [0.3, 0.4) is 0 Å². The number of carboxylic acids is 1. The molecule has 0 fully saturated rings. The number of nitrogens with one attached hydrogen (secondary N) is 2. The van der Waals surface area contributed by atoms with E-state index in [1.54, 1.807) is 36.5 Å². The molecule has 0 atom stereocenters. The van der Waals surface area contributed by atoms with Crippen LogP contribution >= 0.6 is 0 Å². The van der Waals surface area contributed by atoms with Gasteiger partial charge in [-0.3, -0.25) is 5.10 Å². The number of anilines is 3. The predicted molar refractivity (Wildman–Crippen MR) is 98.2 cm³/mol. The minimum Gasteiger partial charge on any atom is -0.477 e. The van der Waals surface area contributed by atoms with E-state index in [1.807, 2.05) is 18.2 Å². The first-order chi connectivity index (χ1) is 12.6. The number of nitrogens with two attached hydrogens (primary N) is 1. The highest BCUT2D eigenvalue weighted by atomic mass is 16.4. The molecule has 2 aromatic heterocycles. The Morgan fingerprint density at radius 3 is 2.69 bits per heavy atom. The van der Waals surface area contributed by atoms with Gasteiger partial charge in [0.25, 0.3) is 0 Å². The molecule has 8 heteroatoms. The van der Waals surface area contributed by atoms with Crippen molar-refractivity contribution in [3.05, 3.63) is 60.3 Å². The van der Waals surface area contributed by atoms with Gasteiger partial charge in [0.15, 0.2) is 5.82 Å². The van der Waals surface area contributed by atoms with Crippen molar-refractivity contribution in [3.8, 4) is 11.3 Å². The van der Waals surface area contributed by atoms with Crippen LogP contribution in [-0.4, -0.2) is 31.2 Å². The Hall–Kier alpha value is -3.94. The van der Waals surface area contributed by atoms with E-state index < -0.39 is 5.97 Å². The molecule has 128 valence electrons. The van der Waals surface area contributed by atoms with E-state index in [1.165, 1.54) is 0 Å². The summed E-state index contributed by atoms with van der Waals surface area (Å²) in [6.45, 7) is 0. The van der Waals surface area contributed by atoms with Gasteiger partial charge < -0.3 is 16.2 Å². The molecule has 0 spiro atoms. The summed E-state index contributed by atoms with van der Waals surface area (Å²) in [6.07, 6.45) is 1.68. The molecule has 4 rings (SSSR count). The first-order valence-electron chi connectivity index (χ1n) is 7.78. The molecule has 8 nitrogen and oxygen atoms in total. The molecule has 0 saturated carbocycles. The third kappa shape index (κ3) is 2.80. The maximum absolute atomic E-state index is 11.9. The maximum atomic E-state index is 11.9. The van der Waals surface area contributed by atoms with Gasteiger partial charge >= 0.3 is 5.97 Å². The van der Waals surface area contributed by atoms with Crippen molar-refractivity contribution in [3.63, 3.8) is 0 Å². The molecular weight excluding hydrogens is 332 g/mol. The Labute approximate surface area is 147 Å². The van der Waals surface area contributed by atoms with Crippen LogP contribution in [0.2, 0.25) is 0 Å². The molecule has 0 aliphatic heterocycles. The molecule has 0 bridgehead atoms. The van der Waals surface area contributed by atoms with Gasteiger partial charge in [0.05, 0.1) is 17.4 Å². The second kappa shape index (κ2) is 6.17. The Balaban J connectivity index is 1.84. The molecule has 2 heterocycles. The Kier molecular flexibility index (Phi) is 3.70. The lowest BCUT2D eigenvalue weighted by Gasteiger charge is -2.13. The highest BCUT2D eigenvalue weighted by Crippen LogP contribution is 2.30. The van der Waals surface area contributed by atoms with Crippen molar-refractivity contribution >= 4 is 34.3 Å². The number of H-pyrrole nitrogens is 1. The van der Waals surface area contributed by atoms with Crippen LogP contribution in [0, 0.1) is 0 Å². The number of aromatic amines is 1. The number of benzene rings is 2. The Morgan fingerprint density at radius 1 is 1.12 bits per heavy atom. The van der Waals surface area contributed by atoms with Crippen LogP contribution < -0.4 is 11.1 Å². The van der Waals surface area contributed by atoms with E-state index in [-0.39, 0.29) is 23.0 Å². The zero-order chi connectivity index (χ0) is 18.1. The van der Waals surface area contributed by atoms with E-state index >= 15 is 0 Å². The van der Waals surface area contributed by atoms with Crippen molar-refractivity contribution in [2.24, 2.45) is 0 Å². The molecule has 0 radical (unpaired) electrons. The first-order valence-corrected chi connectivity index (χ1v) is 7.78. The number of fused-ring (bicyclic) bond motifs is 1. The van der Waals surface area contributed by atoms with Gasteiger partial charge in [0.2, 0.25) is 5.95 Å². The fourth-order valence-corrected chi connectivity index (χ4v) is 2.73. The number of carbonyl (C=O) groups is 1. The number of aromatic carboxylic acids is 1. The van der Waals surface area contributed by atoms with Crippen LogP contribution in [0.5, 0.6) is 0 Å². The predicted octanol–water partition coefficient (Wildman–Crippen LogP) is 3.04. The summed E-state index contributed by atoms with van der Waals surface area (Å²) in [7, 11) is 0. The standard InChI is InChI=1S/C18H14N6O2/c19-18-22-15(10-4-2-1-3-5-10)14(17(25)26)16(23-18)21-12-6-7-13-11(8-12)9-20-24-13/h1-9H,(H,20,24)(H,25,26)(H3,19,21,22,23). The van der Waals surface area contributed by atoms with Crippen LogP contribution in [0.1, 0.15) is 10.4 Å². The van der Waals surface area contributed by atoms with E-state index in [0.29, 0.717) is 11.3 Å². The Morgan fingerprint density at radius 2 is 1.92 bits per heavy atom. The summed E-state index contributed by atoms with van der Waals surface area (Å²) < 4.78 is 0. The van der Waals surface area contributed by atoms with Crippen molar-refractivity contribution in [1.82, 2.24) is 20.2 Å². The molecule has 0 aliphatic carbocycles. The van der Waals surface area contributed by atoms with E-state index in [9.17, 15) is 9.90 Å². The van der Waals surface area contributed by atoms with Gasteiger partial charge in [-0.1, -0.05) is 30.3 Å². The highest BCUT2D eigenvalue weighted by molar-refractivity contribution is 6.01. The molecule has 4 aromatic rings. The molecular formula is C18H14N6O2. The number of nitrogen functional groups attached to an aromatic ring is 1. The van der Waals surface area contributed by atoms with Gasteiger partial charge in [-0.25, -0.2) is 9.78 Å². The van der Waals surface area contributed by atoms with Crippen LogP contribution in [0.25, 0.3) is 22.2 Å². The number of carboxylic acid groups (broad SMARTS) is 1. The topological polar surface area (TPSA) is 130 Å². The minimum absolute atomic E-state index is 0.0132. The third-order valence-corrected chi connectivity index (χ3v) is 3.89. The summed E-state index contributed by atoms with van der Waals surface area (Å²) in [4.78, 5) is 20.1. The fourth-order valence-electron chi connectivity index (χ4n) is 2.73. The van der Waals surface area contributed by atoms with Crippen molar-refractivity contribution in [2.45, 2.75) is 0 Å². The second-order valence-electron chi connectivity index (χ2n) is 5.62. The lowest BCUT2D eigenvalue weighted by molar-refractivity contribution is 0.0698. The summed E-state index contributed by atoms with van der Waals surface area (Å²) in [5.74, 6) is -1.02. The van der Waals surface area contributed by atoms with Crippen LogP contribution in [0.4, 0.5) is 17.5 Å². The van der Waals surface area contributed by atoms with Gasteiger partial charge in [-0.15, -0.1) is 0 Å². The molecule has 0 saturated heterocycles. The minimum atomic E-state index is -1.14. The van der Waals surface area contributed by atoms with Gasteiger partial charge in [0, 0.05) is 16.6 Å². The third-order valence-electron chi connectivity index (χ3n) is 3.89. The number of hydrogen-bond acceptors (Lipinski definition) is 6. The maximum Gasteiger partial charge on any atom is 0.341 e. The molecule has 0 amide bonds. The monoisotopic (exact) mass is 346 g/mol. The summed E-state index contributed by atoms with van der Waals surface area (Å²) in [5.41, 5.74) is 8.23. The highest BCUT2D eigenvalue weighted by Gasteiger charge is 2.21. The lowest BCUT2D eigenvalue weighted by Crippen LogP contribution is -2.11. The van der Waals surface area contributed by atoms with Crippen molar-refractivity contribution in [1.29, 1.82) is 0 Å². The fraction of sp³-hybridized carbons (Fsp3) is 0. The van der Waals surface area contributed by atoms with Crippen molar-refractivity contribution in [2.75, 3.05) is 11.1 Å². The average molecular weight is 346 g/mol. The van der Waals surface area contributed by atoms with E-state index in [0.717, 1.165) is 10.9 Å². The summed E-state index contributed by atoms with van der Waals surface area (Å²) >= 11 is 0. The molecule has 2 aromatic carbocycles. The second-order valence-corrected chi connectivity index (χ2v) is 5.62. The van der Waals surface area contributed by atoms with Crippen molar-refractivity contribution < 1.29 is 9.90 Å². The van der Waals surface area contributed by atoms with E-state index in [2.05, 4.69) is 25.5 Å². The lowest BCUT2D eigenvalue weighted by atomic mass is 10.1. The number of aromatic nitrogens is 4. The largest absolute Gasteiger partial charge is 0.477 e. The Bertz CT molecular complexity index is 1110. The molecule has 0 aliphatic rings. The summed E-state index contributed by atoms with van der Waals surface area (Å²) in [6, 6.07) is 14.5. The quantitative estimate of drug-likeness (QED) is 0.447.